The Kier molecular flexibility index (Phi) is 2.34. The first-order chi connectivity index (χ1) is 8.48. The van der Waals surface area contributed by atoms with E-state index in [2.05, 4.69) is 68.9 Å². The maximum atomic E-state index is 2.30. The van der Waals surface area contributed by atoms with Crippen LogP contribution in [-0.4, -0.2) is 0 Å². The first-order valence-corrected chi connectivity index (χ1v) is 6.59. The van der Waals surface area contributed by atoms with Gasteiger partial charge in [-0.05, 0) is 23.1 Å². The van der Waals surface area contributed by atoms with Crippen molar-refractivity contribution >= 4 is 0 Å². The molecule has 0 bridgehead atoms. The molecule has 0 aliphatic heterocycles. The van der Waals surface area contributed by atoms with Gasteiger partial charge < -0.3 is 0 Å². The normalized spacial score (nSPS) is 13.3. The highest BCUT2D eigenvalue weighted by molar-refractivity contribution is 5.78. The standard InChI is InChI=1S/C17H20N/c1-17(2,3)16-15-13(9-10-18(16)4)11-12-7-5-6-8-14(12)15/h5-10H,11H2,1-4H3/q+1. The molecular formula is C17H20N+. The number of aromatic nitrogens is 1. The van der Waals surface area contributed by atoms with Gasteiger partial charge in [0.1, 0.15) is 7.05 Å². The Balaban J connectivity index is 2.36. The highest BCUT2D eigenvalue weighted by Gasteiger charge is 2.33. The Morgan fingerprint density at radius 3 is 2.44 bits per heavy atom. The molecule has 0 fully saturated rings. The van der Waals surface area contributed by atoms with E-state index in [1.807, 2.05) is 0 Å². The molecule has 92 valence electrons. The molecule has 3 rings (SSSR count). The van der Waals surface area contributed by atoms with Gasteiger partial charge in [-0.2, -0.15) is 0 Å². The van der Waals surface area contributed by atoms with Crippen molar-refractivity contribution in [2.75, 3.05) is 0 Å². The molecule has 1 heteroatoms. The van der Waals surface area contributed by atoms with Gasteiger partial charge >= 0.3 is 0 Å². The zero-order chi connectivity index (χ0) is 12.9. The van der Waals surface area contributed by atoms with Crippen LogP contribution in [0.3, 0.4) is 0 Å². The van der Waals surface area contributed by atoms with Crippen molar-refractivity contribution in [1.82, 2.24) is 0 Å². The Morgan fingerprint density at radius 2 is 1.72 bits per heavy atom. The third-order valence-electron chi connectivity index (χ3n) is 3.79. The third kappa shape index (κ3) is 1.58. The lowest BCUT2D eigenvalue weighted by Gasteiger charge is -2.19. The predicted octanol–water partition coefficient (Wildman–Crippen LogP) is 3.38. The summed E-state index contributed by atoms with van der Waals surface area (Å²) in [6, 6.07) is 11.1. The van der Waals surface area contributed by atoms with E-state index < -0.39 is 0 Å². The summed E-state index contributed by atoms with van der Waals surface area (Å²) in [7, 11) is 2.15. The summed E-state index contributed by atoms with van der Waals surface area (Å²) in [5, 5.41) is 0. The highest BCUT2D eigenvalue weighted by atomic mass is 14.9. The largest absolute Gasteiger partial charge is 0.204 e. The number of nitrogens with zero attached hydrogens (tertiary/aromatic N) is 1. The van der Waals surface area contributed by atoms with Gasteiger partial charge in [0.05, 0.1) is 5.56 Å². The van der Waals surface area contributed by atoms with Crippen molar-refractivity contribution in [2.45, 2.75) is 32.6 Å². The summed E-state index contributed by atoms with van der Waals surface area (Å²) in [5.41, 5.74) is 7.42. The average Bonchev–Trinajstić information content (AvgIpc) is 2.66. The highest BCUT2D eigenvalue weighted by Crippen LogP contribution is 2.40. The number of pyridine rings is 1. The molecule has 0 atom stereocenters. The van der Waals surface area contributed by atoms with E-state index in [0.29, 0.717) is 0 Å². The van der Waals surface area contributed by atoms with Gasteiger partial charge in [-0.15, -0.1) is 0 Å². The van der Waals surface area contributed by atoms with E-state index in [1.165, 1.54) is 27.9 Å². The number of aryl methyl sites for hydroxylation is 1. The van der Waals surface area contributed by atoms with Crippen LogP contribution < -0.4 is 4.57 Å². The lowest BCUT2D eigenvalue weighted by Crippen LogP contribution is -2.40. The summed E-state index contributed by atoms with van der Waals surface area (Å²) in [4.78, 5) is 0. The summed E-state index contributed by atoms with van der Waals surface area (Å²) < 4.78 is 2.28. The van der Waals surface area contributed by atoms with E-state index in [0.717, 1.165) is 6.42 Å². The van der Waals surface area contributed by atoms with Crippen LogP contribution in [0.25, 0.3) is 11.1 Å². The molecule has 0 radical (unpaired) electrons. The molecule has 0 saturated carbocycles. The van der Waals surface area contributed by atoms with Crippen molar-refractivity contribution in [3.63, 3.8) is 0 Å². The number of benzene rings is 1. The van der Waals surface area contributed by atoms with E-state index in [-0.39, 0.29) is 5.41 Å². The molecule has 0 unspecified atom stereocenters. The second-order valence-corrected chi connectivity index (χ2v) is 6.26. The molecule has 1 nitrogen and oxygen atoms in total. The van der Waals surface area contributed by atoms with Crippen molar-refractivity contribution in [2.24, 2.45) is 7.05 Å². The van der Waals surface area contributed by atoms with Crippen molar-refractivity contribution in [1.29, 1.82) is 0 Å². The molecule has 0 saturated heterocycles. The molecule has 0 amide bonds. The van der Waals surface area contributed by atoms with Crippen LogP contribution >= 0.6 is 0 Å². The molecule has 1 aromatic carbocycles. The maximum absolute atomic E-state index is 2.30. The molecule has 1 aliphatic rings. The van der Waals surface area contributed by atoms with Crippen LogP contribution in [0.2, 0.25) is 0 Å². The minimum absolute atomic E-state index is 0.164. The molecular weight excluding hydrogens is 218 g/mol. The SMILES string of the molecule is C[n+]1ccc2c(c1C(C)(C)C)-c1ccccc1C2. The number of hydrogen-bond acceptors (Lipinski definition) is 0. The Bertz CT molecular complexity index is 618. The molecule has 0 N–H and O–H groups in total. The Labute approximate surface area is 109 Å². The third-order valence-corrected chi connectivity index (χ3v) is 3.79. The summed E-state index contributed by atoms with van der Waals surface area (Å²) in [6.45, 7) is 6.89. The number of hydrogen-bond donors (Lipinski definition) is 0. The van der Waals surface area contributed by atoms with Crippen LogP contribution in [0.1, 0.15) is 37.6 Å². The fourth-order valence-corrected chi connectivity index (χ4v) is 3.16. The van der Waals surface area contributed by atoms with Gasteiger partial charge in [-0.3, -0.25) is 0 Å². The fourth-order valence-electron chi connectivity index (χ4n) is 3.16. The van der Waals surface area contributed by atoms with Gasteiger partial charge in [0, 0.05) is 11.5 Å². The van der Waals surface area contributed by atoms with Crippen LogP contribution in [0.4, 0.5) is 0 Å². The quantitative estimate of drug-likeness (QED) is 0.529. The molecule has 1 aliphatic carbocycles. The van der Waals surface area contributed by atoms with Crippen molar-refractivity contribution in [3.8, 4) is 11.1 Å². The zero-order valence-electron chi connectivity index (χ0n) is 11.6. The van der Waals surface area contributed by atoms with Crippen molar-refractivity contribution < 1.29 is 4.57 Å². The second kappa shape index (κ2) is 3.68. The van der Waals surface area contributed by atoms with E-state index in [4.69, 9.17) is 0 Å². The van der Waals surface area contributed by atoms with Gasteiger partial charge in [-0.1, -0.05) is 45.0 Å². The van der Waals surface area contributed by atoms with Gasteiger partial charge in [0.25, 0.3) is 0 Å². The second-order valence-electron chi connectivity index (χ2n) is 6.26. The first kappa shape index (κ1) is 11.5. The Morgan fingerprint density at radius 1 is 1.00 bits per heavy atom. The molecule has 2 aromatic rings. The molecule has 18 heavy (non-hydrogen) atoms. The van der Waals surface area contributed by atoms with Gasteiger partial charge in [0.2, 0.25) is 0 Å². The average molecular weight is 238 g/mol. The number of fused-ring (bicyclic) bond motifs is 3. The summed E-state index contributed by atoms with van der Waals surface area (Å²) >= 11 is 0. The van der Waals surface area contributed by atoms with Gasteiger partial charge in [-0.25, -0.2) is 4.57 Å². The minimum Gasteiger partial charge on any atom is -0.204 e. The van der Waals surface area contributed by atoms with Crippen LogP contribution in [0.5, 0.6) is 0 Å². The molecule has 1 heterocycles. The van der Waals surface area contributed by atoms with E-state index in [9.17, 15) is 0 Å². The van der Waals surface area contributed by atoms with Crippen LogP contribution in [0.15, 0.2) is 36.5 Å². The van der Waals surface area contributed by atoms with Crippen LogP contribution in [0, 0.1) is 0 Å². The number of rotatable bonds is 0. The van der Waals surface area contributed by atoms with Crippen molar-refractivity contribution in [3.05, 3.63) is 53.3 Å². The first-order valence-electron chi connectivity index (χ1n) is 6.59. The lowest BCUT2D eigenvalue weighted by atomic mass is 9.85. The van der Waals surface area contributed by atoms with Gasteiger partial charge in [0.15, 0.2) is 11.9 Å². The monoisotopic (exact) mass is 238 g/mol. The molecule has 0 spiro atoms. The fraction of sp³-hybridized carbons (Fsp3) is 0.353. The summed E-state index contributed by atoms with van der Waals surface area (Å²) in [5.74, 6) is 0. The van der Waals surface area contributed by atoms with E-state index >= 15 is 0 Å². The zero-order valence-corrected chi connectivity index (χ0v) is 11.6. The maximum Gasteiger partial charge on any atom is 0.194 e. The Hall–Kier alpha value is -1.63. The topological polar surface area (TPSA) is 3.88 Å². The van der Waals surface area contributed by atoms with Crippen LogP contribution in [-0.2, 0) is 18.9 Å². The van der Waals surface area contributed by atoms with E-state index in [1.54, 1.807) is 0 Å². The summed E-state index contributed by atoms with van der Waals surface area (Å²) in [6.07, 6.45) is 3.28. The molecule has 1 aromatic heterocycles. The smallest absolute Gasteiger partial charge is 0.194 e. The lowest BCUT2D eigenvalue weighted by molar-refractivity contribution is -0.681. The predicted molar refractivity (Wildman–Crippen MR) is 74.6 cm³/mol. The minimum atomic E-state index is 0.164.